The number of nitrogens with zero attached hydrogens (tertiary/aromatic N) is 1. The molecule has 2 nitrogen and oxygen atoms in total. The molecule has 2 rings (SSSR count). The molecule has 15 heavy (non-hydrogen) atoms. The summed E-state index contributed by atoms with van der Waals surface area (Å²) < 4.78 is 5.69. The molecule has 0 bridgehead atoms. The third-order valence-corrected chi connectivity index (χ3v) is 2.29. The van der Waals surface area contributed by atoms with Gasteiger partial charge >= 0.3 is 0 Å². The van der Waals surface area contributed by atoms with Crippen LogP contribution in [0.3, 0.4) is 0 Å². The number of unbranched alkanes of at least 4 members (excludes halogenated alkanes) is 1. The highest BCUT2D eigenvalue weighted by Crippen LogP contribution is 2.24. The minimum absolute atomic E-state index is 0.727. The highest BCUT2D eigenvalue weighted by Gasteiger charge is 2.00. The van der Waals surface area contributed by atoms with E-state index in [4.69, 9.17) is 4.74 Å². The van der Waals surface area contributed by atoms with Gasteiger partial charge in [0.05, 0.1) is 6.61 Å². The fourth-order valence-corrected chi connectivity index (χ4v) is 1.50. The molecule has 1 aromatic heterocycles. The fraction of sp³-hybridized carbons (Fsp3) is 0.231. The molecule has 0 aliphatic rings. The second-order valence-corrected chi connectivity index (χ2v) is 3.41. The summed E-state index contributed by atoms with van der Waals surface area (Å²) in [5.41, 5.74) is 0. The average Bonchev–Trinajstić information content (AvgIpc) is 2.30. The van der Waals surface area contributed by atoms with Gasteiger partial charge in [-0.05, 0) is 18.6 Å². The van der Waals surface area contributed by atoms with E-state index in [1.807, 2.05) is 30.5 Å². The largest absolute Gasteiger partial charge is 0.493 e. The molecule has 1 radical (unpaired) electrons. The summed E-state index contributed by atoms with van der Waals surface area (Å²) in [5.74, 6) is 0.934. The van der Waals surface area contributed by atoms with Crippen molar-refractivity contribution >= 4 is 10.8 Å². The first-order chi connectivity index (χ1) is 7.42. The van der Waals surface area contributed by atoms with Crippen molar-refractivity contribution in [3.63, 3.8) is 0 Å². The van der Waals surface area contributed by atoms with E-state index in [0.29, 0.717) is 0 Å². The Bertz CT molecular complexity index is 434. The van der Waals surface area contributed by atoms with Crippen LogP contribution in [-0.4, -0.2) is 11.6 Å². The monoisotopic (exact) mass is 200 g/mol. The number of ether oxygens (including phenoxy) is 1. The van der Waals surface area contributed by atoms with Crippen molar-refractivity contribution in [3.05, 3.63) is 43.6 Å². The van der Waals surface area contributed by atoms with Crippen LogP contribution in [0, 0.1) is 6.92 Å². The highest BCUT2D eigenvalue weighted by atomic mass is 16.5. The van der Waals surface area contributed by atoms with Crippen molar-refractivity contribution < 1.29 is 4.74 Å². The van der Waals surface area contributed by atoms with Gasteiger partial charge in [0.1, 0.15) is 5.75 Å². The predicted octanol–water partition coefficient (Wildman–Crippen LogP) is 3.23. The number of benzene rings is 1. The van der Waals surface area contributed by atoms with Crippen molar-refractivity contribution in [3.8, 4) is 5.75 Å². The Balaban J connectivity index is 2.26. The van der Waals surface area contributed by atoms with Crippen LogP contribution in [-0.2, 0) is 0 Å². The second-order valence-electron chi connectivity index (χ2n) is 3.41. The summed E-state index contributed by atoms with van der Waals surface area (Å²) in [4.78, 5) is 4.08. The second kappa shape index (κ2) is 4.78. The lowest BCUT2D eigenvalue weighted by atomic mass is 10.1. The zero-order valence-corrected chi connectivity index (χ0v) is 8.65. The fourth-order valence-electron chi connectivity index (χ4n) is 1.50. The molecule has 0 unspecified atom stereocenters. The third-order valence-electron chi connectivity index (χ3n) is 2.29. The van der Waals surface area contributed by atoms with Crippen LogP contribution in [0.15, 0.2) is 36.7 Å². The zero-order valence-electron chi connectivity index (χ0n) is 8.65. The molecule has 0 spiro atoms. The van der Waals surface area contributed by atoms with Gasteiger partial charge in [0.15, 0.2) is 0 Å². The van der Waals surface area contributed by atoms with Gasteiger partial charge < -0.3 is 4.74 Å². The third kappa shape index (κ3) is 2.27. The van der Waals surface area contributed by atoms with Gasteiger partial charge in [-0.15, -0.1) is 0 Å². The molecule has 0 fully saturated rings. The van der Waals surface area contributed by atoms with E-state index < -0.39 is 0 Å². The van der Waals surface area contributed by atoms with Crippen molar-refractivity contribution in [2.75, 3.05) is 6.61 Å². The highest BCUT2D eigenvalue weighted by molar-refractivity contribution is 5.87. The molecular weight excluding hydrogens is 186 g/mol. The average molecular weight is 200 g/mol. The number of aromatic nitrogens is 1. The molecule has 0 N–H and O–H groups in total. The smallest absolute Gasteiger partial charge is 0.127 e. The van der Waals surface area contributed by atoms with Crippen LogP contribution in [0.2, 0.25) is 0 Å². The van der Waals surface area contributed by atoms with E-state index >= 15 is 0 Å². The lowest BCUT2D eigenvalue weighted by Crippen LogP contribution is -1.96. The summed E-state index contributed by atoms with van der Waals surface area (Å²) in [6, 6.07) is 8.00. The van der Waals surface area contributed by atoms with Crippen LogP contribution in [0.1, 0.15) is 12.8 Å². The van der Waals surface area contributed by atoms with Gasteiger partial charge in [0.2, 0.25) is 0 Å². The maximum atomic E-state index is 5.69. The normalized spacial score (nSPS) is 10.5. The lowest BCUT2D eigenvalue weighted by Gasteiger charge is -2.07. The lowest BCUT2D eigenvalue weighted by molar-refractivity contribution is 0.315. The Hall–Kier alpha value is -1.57. The Morgan fingerprint density at radius 1 is 1.27 bits per heavy atom. The van der Waals surface area contributed by atoms with Gasteiger partial charge in [-0.25, -0.2) is 0 Å². The maximum Gasteiger partial charge on any atom is 0.127 e. The summed E-state index contributed by atoms with van der Waals surface area (Å²) in [6.45, 7) is 4.52. The first kappa shape index (κ1) is 9.97. The zero-order chi connectivity index (χ0) is 10.5. The van der Waals surface area contributed by atoms with Gasteiger partial charge in [-0.3, -0.25) is 4.98 Å². The van der Waals surface area contributed by atoms with Gasteiger partial charge in [-0.2, -0.15) is 0 Å². The van der Waals surface area contributed by atoms with Crippen LogP contribution >= 0.6 is 0 Å². The van der Waals surface area contributed by atoms with Crippen LogP contribution in [0.5, 0.6) is 5.75 Å². The van der Waals surface area contributed by atoms with Gasteiger partial charge in [-0.1, -0.05) is 25.5 Å². The van der Waals surface area contributed by atoms with Crippen molar-refractivity contribution in [1.82, 2.24) is 4.98 Å². The molecule has 0 aliphatic heterocycles. The van der Waals surface area contributed by atoms with Crippen molar-refractivity contribution in [2.45, 2.75) is 12.8 Å². The van der Waals surface area contributed by atoms with E-state index in [1.54, 1.807) is 6.20 Å². The summed E-state index contributed by atoms with van der Waals surface area (Å²) in [5, 5.41) is 2.24. The number of rotatable bonds is 4. The number of fused-ring (bicyclic) bond motifs is 1. The molecule has 0 aliphatic carbocycles. The van der Waals surface area contributed by atoms with E-state index in [0.717, 1.165) is 36.0 Å². The Kier molecular flexibility index (Phi) is 3.18. The number of pyridine rings is 1. The SMILES string of the molecule is [CH2]CCCOc1cccc2cnccc12. The van der Waals surface area contributed by atoms with E-state index in [1.165, 1.54) is 0 Å². The standard InChI is InChI=1S/C13H14NO/c1-2-3-9-15-13-6-4-5-11-10-14-8-7-12(11)13/h4-8,10H,1-3,9H2. The van der Waals surface area contributed by atoms with E-state index in [2.05, 4.69) is 11.9 Å². The molecular formula is C13H14NO. The Labute approximate surface area is 89.9 Å². The molecule has 0 atom stereocenters. The molecule has 0 saturated heterocycles. The van der Waals surface area contributed by atoms with Crippen LogP contribution in [0.4, 0.5) is 0 Å². The molecule has 1 aromatic carbocycles. The topological polar surface area (TPSA) is 22.1 Å². The van der Waals surface area contributed by atoms with Gasteiger partial charge in [0, 0.05) is 23.2 Å². The minimum Gasteiger partial charge on any atom is -0.493 e. The molecule has 2 aromatic rings. The first-order valence-electron chi connectivity index (χ1n) is 5.16. The number of hydrogen-bond acceptors (Lipinski definition) is 2. The Morgan fingerprint density at radius 2 is 2.20 bits per heavy atom. The van der Waals surface area contributed by atoms with E-state index in [-0.39, 0.29) is 0 Å². The van der Waals surface area contributed by atoms with Crippen LogP contribution < -0.4 is 4.74 Å². The molecule has 77 valence electrons. The Morgan fingerprint density at radius 3 is 3.07 bits per heavy atom. The van der Waals surface area contributed by atoms with Crippen molar-refractivity contribution in [2.24, 2.45) is 0 Å². The minimum atomic E-state index is 0.727. The molecule has 1 heterocycles. The molecule has 2 heteroatoms. The molecule has 0 saturated carbocycles. The first-order valence-corrected chi connectivity index (χ1v) is 5.16. The maximum absolute atomic E-state index is 5.69. The summed E-state index contributed by atoms with van der Waals surface area (Å²) >= 11 is 0. The number of hydrogen-bond donors (Lipinski definition) is 0. The summed E-state index contributed by atoms with van der Waals surface area (Å²) in [7, 11) is 0. The van der Waals surface area contributed by atoms with E-state index in [9.17, 15) is 0 Å². The summed E-state index contributed by atoms with van der Waals surface area (Å²) in [6.07, 6.45) is 5.54. The molecule has 0 amide bonds. The van der Waals surface area contributed by atoms with Crippen LogP contribution in [0.25, 0.3) is 10.8 Å². The predicted molar refractivity (Wildman–Crippen MR) is 61.8 cm³/mol. The van der Waals surface area contributed by atoms with Gasteiger partial charge in [0.25, 0.3) is 0 Å². The quantitative estimate of drug-likeness (QED) is 0.707. The van der Waals surface area contributed by atoms with Crippen molar-refractivity contribution in [1.29, 1.82) is 0 Å².